The molecule has 0 radical (unpaired) electrons. The molecule has 0 saturated carbocycles. The van der Waals surface area contributed by atoms with Gasteiger partial charge < -0.3 is 5.32 Å². The predicted molar refractivity (Wildman–Crippen MR) is 85.0 cm³/mol. The average molecular weight is 300 g/mol. The first-order valence-electron chi connectivity index (χ1n) is 6.90. The third-order valence-electron chi connectivity index (χ3n) is 3.04. The molecule has 0 saturated heterocycles. The Morgan fingerprint density at radius 2 is 2.19 bits per heavy atom. The molecule has 0 aliphatic rings. The number of hydrogen-bond acceptors (Lipinski definition) is 4. The molecule has 2 aromatic heterocycles. The van der Waals surface area contributed by atoms with Crippen molar-refractivity contribution < 1.29 is 4.79 Å². The summed E-state index contributed by atoms with van der Waals surface area (Å²) in [5.74, 6) is 0.671. The van der Waals surface area contributed by atoms with Crippen molar-refractivity contribution in [3.05, 3.63) is 36.0 Å². The van der Waals surface area contributed by atoms with E-state index in [0.717, 1.165) is 27.5 Å². The maximum Gasteiger partial charge on any atom is 0.225 e. The number of rotatable bonds is 4. The predicted octanol–water partition coefficient (Wildman–Crippen LogP) is 3.53. The van der Waals surface area contributed by atoms with Crippen LogP contribution < -0.4 is 5.32 Å². The van der Waals surface area contributed by atoms with Crippen molar-refractivity contribution >= 4 is 33.3 Å². The molecule has 1 N–H and O–H groups in total. The number of anilines is 1. The molecule has 1 aromatic carbocycles. The molecule has 0 spiro atoms. The van der Waals surface area contributed by atoms with E-state index in [1.165, 1.54) is 0 Å². The lowest BCUT2D eigenvalue weighted by atomic mass is 10.3. The van der Waals surface area contributed by atoms with Crippen molar-refractivity contribution in [1.82, 2.24) is 14.8 Å². The van der Waals surface area contributed by atoms with E-state index in [4.69, 9.17) is 0 Å². The molecule has 0 aliphatic carbocycles. The van der Waals surface area contributed by atoms with Gasteiger partial charge >= 0.3 is 0 Å². The number of aromatic nitrogens is 3. The summed E-state index contributed by atoms with van der Waals surface area (Å²) in [6.07, 6.45) is 1.32. The molecule has 3 aromatic rings. The maximum absolute atomic E-state index is 11.8. The number of amides is 1. The quantitative estimate of drug-likeness (QED) is 0.802. The summed E-state index contributed by atoms with van der Waals surface area (Å²) in [7, 11) is 0. The summed E-state index contributed by atoms with van der Waals surface area (Å²) in [4.78, 5) is 16.4. The molecule has 2 heterocycles. The molecule has 1 amide bonds. The Kier molecular flexibility index (Phi) is 3.70. The number of carbonyl (C=O) groups excluding carboxylic acids is 1. The van der Waals surface area contributed by atoms with Crippen molar-refractivity contribution in [1.29, 1.82) is 0 Å². The van der Waals surface area contributed by atoms with Gasteiger partial charge in [0.2, 0.25) is 11.0 Å². The van der Waals surface area contributed by atoms with Crippen LogP contribution in [0.1, 0.15) is 25.5 Å². The lowest BCUT2D eigenvalue weighted by Crippen LogP contribution is -2.14. The smallest absolute Gasteiger partial charge is 0.225 e. The number of thiazole rings is 1. The summed E-state index contributed by atoms with van der Waals surface area (Å²) in [5, 5.41) is 8.10. The zero-order chi connectivity index (χ0) is 14.8. The van der Waals surface area contributed by atoms with Crippen LogP contribution in [0, 0.1) is 6.92 Å². The third-order valence-corrected chi connectivity index (χ3v) is 4.05. The largest absolute Gasteiger partial charge is 0.311 e. The van der Waals surface area contributed by atoms with Crippen LogP contribution in [0.25, 0.3) is 15.3 Å². The molecule has 0 atom stereocenters. The van der Waals surface area contributed by atoms with Gasteiger partial charge in [0, 0.05) is 12.5 Å². The maximum atomic E-state index is 11.8. The van der Waals surface area contributed by atoms with Gasteiger partial charge in [-0.1, -0.05) is 30.4 Å². The second-order valence-electron chi connectivity index (χ2n) is 4.85. The van der Waals surface area contributed by atoms with Crippen molar-refractivity contribution in [3.63, 3.8) is 0 Å². The van der Waals surface area contributed by atoms with E-state index in [9.17, 15) is 4.79 Å². The average Bonchev–Trinajstić information content (AvgIpc) is 3.02. The number of benzene rings is 1. The second kappa shape index (κ2) is 5.65. The Hall–Kier alpha value is -2.21. The molecule has 6 heteroatoms. The lowest BCUT2D eigenvalue weighted by molar-refractivity contribution is -0.116. The Labute approximate surface area is 126 Å². The first kappa shape index (κ1) is 13.8. The van der Waals surface area contributed by atoms with Crippen molar-refractivity contribution in [2.75, 3.05) is 5.32 Å². The van der Waals surface area contributed by atoms with Crippen LogP contribution in [-0.4, -0.2) is 20.7 Å². The second-order valence-corrected chi connectivity index (χ2v) is 5.85. The summed E-state index contributed by atoms with van der Waals surface area (Å²) in [6, 6.07) is 9.82. The fraction of sp³-hybridized carbons (Fsp3) is 0.267. The first-order chi connectivity index (χ1) is 10.2. The Bertz CT molecular complexity index is 757. The fourth-order valence-corrected chi connectivity index (χ4v) is 3.05. The zero-order valence-electron chi connectivity index (χ0n) is 12.0. The van der Waals surface area contributed by atoms with Crippen molar-refractivity contribution in [3.8, 4) is 5.13 Å². The molecule has 5 nitrogen and oxygen atoms in total. The van der Waals surface area contributed by atoms with Crippen LogP contribution in [0.3, 0.4) is 0 Å². The minimum absolute atomic E-state index is 0.000221. The van der Waals surface area contributed by atoms with Crippen LogP contribution >= 0.6 is 11.3 Å². The summed E-state index contributed by atoms with van der Waals surface area (Å²) in [6.45, 7) is 3.88. The highest BCUT2D eigenvalue weighted by atomic mass is 32.1. The molecule has 0 aliphatic heterocycles. The molecule has 3 rings (SSSR count). The molecule has 21 heavy (non-hydrogen) atoms. The molecule has 0 bridgehead atoms. The van der Waals surface area contributed by atoms with Gasteiger partial charge in [0.1, 0.15) is 5.82 Å². The van der Waals surface area contributed by atoms with Crippen LogP contribution in [-0.2, 0) is 4.79 Å². The van der Waals surface area contributed by atoms with E-state index in [2.05, 4.69) is 15.4 Å². The highest BCUT2D eigenvalue weighted by Gasteiger charge is 2.13. The van der Waals surface area contributed by atoms with Gasteiger partial charge in [-0.25, -0.2) is 4.98 Å². The van der Waals surface area contributed by atoms with Gasteiger partial charge in [-0.05, 0) is 25.5 Å². The number of nitrogens with one attached hydrogen (secondary N) is 1. The Morgan fingerprint density at radius 1 is 1.38 bits per heavy atom. The summed E-state index contributed by atoms with van der Waals surface area (Å²) in [5.41, 5.74) is 1.79. The van der Waals surface area contributed by atoms with Gasteiger partial charge in [-0.2, -0.15) is 9.78 Å². The van der Waals surface area contributed by atoms with E-state index in [1.807, 2.05) is 44.2 Å². The van der Waals surface area contributed by atoms with E-state index in [0.29, 0.717) is 12.2 Å². The minimum atomic E-state index is -0.000221. The van der Waals surface area contributed by atoms with Crippen molar-refractivity contribution in [2.24, 2.45) is 0 Å². The van der Waals surface area contributed by atoms with Gasteiger partial charge in [0.25, 0.3) is 0 Å². The van der Waals surface area contributed by atoms with E-state index >= 15 is 0 Å². The number of fused-ring (bicyclic) bond motifs is 1. The number of hydrogen-bond donors (Lipinski definition) is 1. The Balaban J connectivity index is 1.99. The van der Waals surface area contributed by atoms with Gasteiger partial charge in [0.05, 0.1) is 15.9 Å². The molecule has 108 valence electrons. The fourth-order valence-electron chi connectivity index (χ4n) is 2.12. The zero-order valence-corrected chi connectivity index (χ0v) is 12.8. The highest BCUT2D eigenvalue weighted by Crippen LogP contribution is 2.27. The van der Waals surface area contributed by atoms with Crippen molar-refractivity contribution in [2.45, 2.75) is 26.7 Å². The molecular formula is C15H16N4OS. The number of aryl methyl sites for hydroxylation is 1. The topological polar surface area (TPSA) is 59.8 Å². The SMILES string of the molecule is CCCC(=O)Nc1cc(C)nn1-c1nc2ccccc2s1. The molecular weight excluding hydrogens is 284 g/mol. The first-order valence-corrected chi connectivity index (χ1v) is 7.71. The highest BCUT2D eigenvalue weighted by molar-refractivity contribution is 7.20. The van der Waals surface area contributed by atoms with Crippen LogP contribution in [0.15, 0.2) is 30.3 Å². The normalized spacial score (nSPS) is 11.0. The van der Waals surface area contributed by atoms with E-state index < -0.39 is 0 Å². The number of para-hydroxylation sites is 1. The van der Waals surface area contributed by atoms with Crippen LogP contribution in [0.2, 0.25) is 0 Å². The monoisotopic (exact) mass is 300 g/mol. The van der Waals surface area contributed by atoms with E-state index in [1.54, 1.807) is 16.0 Å². The van der Waals surface area contributed by atoms with Gasteiger partial charge in [-0.3, -0.25) is 4.79 Å². The Morgan fingerprint density at radius 3 is 2.95 bits per heavy atom. The van der Waals surface area contributed by atoms with Gasteiger partial charge in [-0.15, -0.1) is 0 Å². The number of nitrogens with zero attached hydrogens (tertiary/aromatic N) is 3. The molecule has 0 unspecified atom stereocenters. The third kappa shape index (κ3) is 2.80. The molecule has 0 fully saturated rings. The summed E-state index contributed by atoms with van der Waals surface area (Å²) >= 11 is 1.56. The van der Waals surface area contributed by atoms with E-state index in [-0.39, 0.29) is 5.91 Å². The van der Waals surface area contributed by atoms with Gasteiger partial charge in [0.15, 0.2) is 0 Å². The summed E-state index contributed by atoms with van der Waals surface area (Å²) < 4.78 is 2.81. The standard InChI is InChI=1S/C15H16N4OS/c1-3-6-14(20)17-13-9-10(2)18-19(13)15-16-11-7-4-5-8-12(11)21-15/h4-5,7-9H,3,6H2,1-2H3,(H,17,20). The number of carbonyl (C=O) groups is 1. The lowest BCUT2D eigenvalue weighted by Gasteiger charge is -2.05. The minimum Gasteiger partial charge on any atom is -0.311 e. The van der Waals surface area contributed by atoms with Crippen LogP contribution in [0.5, 0.6) is 0 Å². The van der Waals surface area contributed by atoms with Crippen LogP contribution in [0.4, 0.5) is 5.82 Å².